The molecule has 0 aliphatic rings. The van der Waals surface area contributed by atoms with Gasteiger partial charge < -0.3 is 10.6 Å². The molecule has 0 saturated carbocycles. The fourth-order valence-electron chi connectivity index (χ4n) is 2.12. The SMILES string of the molecule is C[C@@H](NCC(=O)Nc1cccc(C(F)(F)F)c1)c1cccc(Cl)c1. The minimum atomic E-state index is -4.44. The van der Waals surface area contributed by atoms with Crippen molar-refractivity contribution in [1.82, 2.24) is 5.32 Å². The van der Waals surface area contributed by atoms with Crippen LogP contribution in [0.1, 0.15) is 24.1 Å². The van der Waals surface area contributed by atoms with Crippen molar-refractivity contribution in [2.75, 3.05) is 11.9 Å². The average Bonchev–Trinajstić information content (AvgIpc) is 2.52. The molecule has 0 spiro atoms. The molecular weight excluding hydrogens is 341 g/mol. The molecule has 2 aromatic rings. The van der Waals surface area contributed by atoms with Crippen molar-refractivity contribution in [3.05, 3.63) is 64.7 Å². The minimum Gasteiger partial charge on any atom is -0.325 e. The Balaban J connectivity index is 1.92. The van der Waals surface area contributed by atoms with Crippen LogP contribution in [0.5, 0.6) is 0 Å². The molecule has 2 aromatic carbocycles. The predicted molar refractivity (Wildman–Crippen MR) is 87.9 cm³/mol. The number of alkyl halides is 3. The van der Waals surface area contributed by atoms with Gasteiger partial charge in [0.25, 0.3) is 0 Å². The van der Waals surface area contributed by atoms with Gasteiger partial charge in [-0.3, -0.25) is 4.79 Å². The Bertz CT molecular complexity index is 719. The van der Waals surface area contributed by atoms with Gasteiger partial charge in [0.05, 0.1) is 12.1 Å². The molecule has 0 aromatic heterocycles. The first-order chi connectivity index (χ1) is 11.3. The van der Waals surface area contributed by atoms with Gasteiger partial charge in [-0.1, -0.05) is 29.8 Å². The van der Waals surface area contributed by atoms with Crippen LogP contribution in [-0.4, -0.2) is 12.5 Å². The lowest BCUT2D eigenvalue weighted by Gasteiger charge is -2.15. The highest BCUT2D eigenvalue weighted by Crippen LogP contribution is 2.30. The van der Waals surface area contributed by atoms with Crippen LogP contribution < -0.4 is 10.6 Å². The molecule has 3 nitrogen and oxygen atoms in total. The molecule has 1 atom stereocenters. The number of hydrogen-bond donors (Lipinski definition) is 2. The van der Waals surface area contributed by atoms with Crippen LogP contribution in [0.4, 0.5) is 18.9 Å². The van der Waals surface area contributed by atoms with E-state index in [4.69, 9.17) is 11.6 Å². The fraction of sp³-hybridized carbons (Fsp3) is 0.235. The van der Waals surface area contributed by atoms with E-state index in [2.05, 4.69) is 10.6 Å². The summed E-state index contributed by atoms with van der Waals surface area (Å²) in [5, 5.41) is 6.04. The third-order valence-electron chi connectivity index (χ3n) is 3.39. The Morgan fingerprint density at radius 3 is 2.54 bits per heavy atom. The van der Waals surface area contributed by atoms with Gasteiger partial charge in [-0.05, 0) is 42.8 Å². The van der Waals surface area contributed by atoms with Crippen molar-refractivity contribution in [2.24, 2.45) is 0 Å². The van der Waals surface area contributed by atoms with Crippen LogP contribution in [0, 0.1) is 0 Å². The van der Waals surface area contributed by atoms with Gasteiger partial charge in [0.1, 0.15) is 0 Å². The number of halogens is 4. The first-order valence-corrected chi connectivity index (χ1v) is 7.59. The molecule has 0 aliphatic heterocycles. The summed E-state index contributed by atoms with van der Waals surface area (Å²) in [7, 11) is 0. The number of benzene rings is 2. The van der Waals surface area contributed by atoms with Crippen molar-refractivity contribution in [2.45, 2.75) is 19.1 Å². The van der Waals surface area contributed by atoms with Crippen LogP contribution in [0.3, 0.4) is 0 Å². The molecule has 0 fully saturated rings. The van der Waals surface area contributed by atoms with Crippen molar-refractivity contribution >= 4 is 23.2 Å². The van der Waals surface area contributed by atoms with E-state index >= 15 is 0 Å². The fourth-order valence-corrected chi connectivity index (χ4v) is 2.32. The molecule has 128 valence electrons. The maximum Gasteiger partial charge on any atom is 0.416 e. The van der Waals surface area contributed by atoms with Crippen LogP contribution in [0.25, 0.3) is 0 Å². The monoisotopic (exact) mass is 356 g/mol. The van der Waals surface area contributed by atoms with Crippen molar-refractivity contribution < 1.29 is 18.0 Å². The topological polar surface area (TPSA) is 41.1 Å². The molecule has 0 heterocycles. The van der Waals surface area contributed by atoms with Gasteiger partial charge in [0, 0.05) is 16.8 Å². The summed E-state index contributed by atoms with van der Waals surface area (Å²) >= 11 is 5.91. The third-order valence-corrected chi connectivity index (χ3v) is 3.63. The second-order valence-corrected chi connectivity index (χ2v) is 5.72. The van der Waals surface area contributed by atoms with Gasteiger partial charge in [0.15, 0.2) is 0 Å². The number of nitrogens with one attached hydrogen (secondary N) is 2. The molecular formula is C17H16ClF3N2O. The molecule has 0 aliphatic carbocycles. The average molecular weight is 357 g/mol. The van der Waals surface area contributed by atoms with Gasteiger partial charge in [0.2, 0.25) is 5.91 Å². The maximum absolute atomic E-state index is 12.6. The van der Waals surface area contributed by atoms with Crippen LogP contribution in [0.15, 0.2) is 48.5 Å². The Morgan fingerprint density at radius 1 is 1.17 bits per heavy atom. The van der Waals surface area contributed by atoms with Gasteiger partial charge in [-0.2, -0.15) is 13.2 Å². The second kappa shape index (κ2) is 7.68. The zero-order valence-electron chi connectivity index (χ0n) is 12.8. The van der Waals surface area contributed by atoms with Crippen LogP contribution in [-0.2, 0) is 11.0 Å². The molecule has 1 amide bonds. The summed E-state index contributed by atoms with van der Waals surface area (Å²) in [6, 6.07) is 11.6. The number of amides is 1. The van der Waals surface area contributed by atoms with Gasteiger partial charge in [-0.25, -0.2) is 0 Å². The van der Waals surface area contributed by atoms with Crippen LogP contribution in [0.2, 0.25) is 5.02 Å². The van der Waals surface area contributed by atoms with E-state index in [9.17, 15) is 18.0 Å². The Hall–Kier alpha value is -2.05. The van der Waals surface area contributed by atoms with E-state index in [1.807, 2.05) is 13.0 Å². The lowest BCUT2D eigenvalue weighted by Crippen LogP contribution is -2.30. The second-order valence-electron chi connectivity index (χ2n) is 5.28. The summed E-state index contributed by atoms with van der Waals surface area (Å²) in [5.74, 6) is -0.428. The summed E-state index contributed by atoms with van der Waals surface area (Å²) in [5.41, 5.74) is 0.210. The van der Waals surface area contributed by atoms with E-state index in [-0.39, 0.29) is 18.3 Å². The van der Waals surface area contributed by atoms with E-state index in [0.29, 0.717) is 5.02 Å². The van der Waals surface area contributed by atoms with Crippen LogP contribution >= 0.6 is 11.6 Å². The summed E-state index contributed by atoms with van der Waals surface area (Å²) in [4.78, 5) is 11.9. The largest absolute Gasteiger partial charge is 0.416 e. The zero-order chi connectivity index (χ0) is 17.7. The number of hydrogen-bond acceptors (Lipinski definition) is 2. The van der Waals surface area contributed by atoms with E-state index in [1.165, 1.54) is 12.1 Å². The standard InChI is InChI=1S/C17H16ClF3N2O/c1-11(12-4-2-6-14(18)8-12)22-10-16(24)23-15-7-3-5-13(9-15)17(19,20)21/h2-9,11,22H,10H2,1H3,(H,23,24)/t11-/m1/s1. The normalized spacial score (nSPS) is 12.7. The predicted octanol–water partition coefficient (Wildman–Crippen LogP) is 4.65. The zero-order valence-corrected chi connectivity index (χ0v) is 13.6. The molecule has 2 N–H and O–H groups in total. The highest BCUT2D eigenvalue weighted by atomic mass is 35.5. The summed E-state index contributed by atoms with van der Waals surface area (Å²) in [6.45, 7) is 1.83. The quantitative estimate of drug-likeness (QED) is 0.818. The van der Waals surface area contributed by atoms with Crippen molar-refractivity contribution in [1.29, 1.82) is 0 Å². The Labute approximate surface area is 142 Å². The number of rotatable bonds is 5. The lowest BCUT2D eigenvalue weighted by molar-refractivity contribution is -0.137. The Kier molecular flexibility index (Phi) is 5.85. The van der Waals surface area contributed by atoms with E-state index in [0.717, 1.165) is 17.7 Å². The van der Waals surface area contributed by atoms with Crippen molar-refractivity contribution in [3.63, 3.8) is 0 Å². The summed E-state index contributed by atoms with van der Waals surface area (Å²) < 4.78 is 37.9. The molecule has 24 heavy (non-hydrogen) atoms. The molecule has 0 saturated heterocycles. The molecule has 7 heteroatoms. The third kappa shape index (κ3) is 5.25. The molecule has 0 bridgehead atoms. The molecule has 0 unspecified atom stereocenters. The van der Waals surface area contributed by atoms with Crippen molar-refractivity contribution in [3.8, 4) is 0 Å². The number of carbonyl (C=O) groups excluding carboxylic acids is 1. The highest BCUT2D eigenvalue weighted by Gasteiger charge is 2.30. The molecule has 2 rings (SSSR count). The highest BCUT2D eigenvalue weighted by molar-refractivity contribution is 6.30. The minimum absolute atomic E-state index is 0.0378. The van der Waals surface area contributed by atoms with Gasteiger partial charge >= 0.3 is 6.18 Å². The number of anilines is 1. The first kappa shape index (κ1) is 18.3. The number of carbonyl (C=O) groups is 1. The lowest BCUT2D eigenvalue weighted by atomic mass is 10.1. The molecule has 0 radical (unpaired) electrons. The smallest absolute Gasteiger partial charge is 0.325 e. The van der Waals surface area contributed by atoms with E-state index < -0.39 is 17.6 Å². The maximum atomic E-state index is 12.6. The summed E-state index contributed by atoms with van der Waals surface area (Å²) in [6.07, 6.45) is -4.44. The Morgan fingerprint density at radius 2 is 1.88 bits per heavy atom. The van der Waals surface area contributed by atoms with Gasteiger partial charge in [-0.15, -0.1) is 0 Å². The van der Waals surface area contributed by atoms with E-state index in [1.54, 1.807) is 18.2 Å². The first-order valence-electron chi connectivity index (χ1n) is 7.21.